The Morgan fingerprint density at radius 3 is 2.63 bits per heavy atom. The first-order chi connectivity index (χ1) is 9.29. The van der Waals surface area contributed by atoms with E-state index in [1.165, 1.54) is 0 Å². The third kappa shape index (κ3) is 3.75. The van der Waals surface area contributed by atoms with Crippen LogP contribution in [0.5, 0.6) is 5.75 Å². The number of anilines is 1. The van der Waals surface area contributed by atoms with E-state index in [-0.39, 0.29) is 0 Å². The van der Waals surface area contributed by atoms with Gasteiger partial charge in [-0.05, 0) is 36.4 Å². The Kier molecular flexibility index (Phi) is 4.41. The highest BCUT2D eigenvalue weighted by Gasteiger charge is 2.03. The van der Waals surface area contributed by atoms with Crippen molar-refractivity contribution in [3.8, 4) is 18.1 Å². The van der Waals surface area contributed by atoms with Gasteiger partial charge in [0.25, 0.3) is 0 Å². The molecule has 2 rings (SSSR count). The summed E-state index contributed by atoms with van der Waals surface area (Å²) in [7, 11) is 2.03. The van der Waals surface area contributed by atoms with E-state index in [0.717, 1.165) is 23.7 Å². The quantitative estimate of drug-likeness (QED) is 0.765. The van der Waals surface area contributed by atoms with E-state index in [2.05, 4.69) is 15.8 Å². The molecule has 0 bridgehead atoms. The monoisotopic (exact) mass is 252 g/mol. The van der Waals surface area contributed by atoms with Crippen molar-refractivity contribution in [2.75, 3.05) is 18.6 Å². The SMILES string of the molecule is C#CCOc1ccc(N(C)Cc2ccccn2)cc1. The minimum absolute atomic E-state index is 0.295. The molecule has 96 valence electrons. The van der Waals surface area contributed by atoms with Crippen LogP contribution in [0.1, 0.15) is 5.69 Å². The highest BCUT2D eigenvalue weighted by molar-refractivity contribution is 5.48. The Hall–Kier alpha value is -2.47. The molecule has 0 aliphatic carbocycles. The molecule has 0 spiro atoms. The fourth-order valence-corrected chi connectivity index (χ4v) is 1.75. The third-order valence-corrected chi connectivity index (χ3v) is 2.72. The second-order valence-electron chi connectivity index (χ2n) is 4.16. The second kappa shape index (κ2) is 6.46. The number of hydrogen-bond acceptors (Lipinski definition) is 3. The lowest BCUT2D eigenvalue weighted by Gasteiger charge is -2.19. The molecule has 0 amide bonds. The van der Waals surface area contributed by atoms with Crippen LogP contribution in [0, 0.1) is 12.3 Å². The van der Waals surface area contributed by atoms with Crippen molar-refractivity contribution in [1.82, 2.24) is 4.98 Å². The summed E-state index contributed by atoms with van der Waals surface area (Å²) < 4.78 is 5.34. The minimum Gasteiger partial charge on any atom is -0.481 e. The van der Waals surface area contributed by atoms with Gasteiger partial charge in [-0.25, -0.2) is 0 Å². The van der Waals surface area contributed by atoms with E-state index < -0.39 is 0 Å². The van der Waals surface area contributed by atoms with E-state index in [4.69, 9.17) is 11.2 Å². The summed E-state index contributed by atoms with van der Waals surface area (Å²) in [5.41, 5.74) is 2.15. The summed E-state index contributed by atoms with van der Waals surface area (Å²) in [5, 5.41) is 0. The molecule has 0 radical (unpaired) electrons. The lowest BCUT2D eigenvalue weighted by Crippen LogP contribution is -2.16. The minimum atomic E-state index is 0.295. The van der Waals surface area contributed by atoms with Gasteiger partial charge in [0.1, 0.15) is 12.4 Å². The molecule has 0 fully saturated rings. The number of nitrogens with zero attached hydrogens (tertiary/aromatic N) is 2. The van der Waals surface area contributed by atoms with Gasteiger partial charge in [-0.15, -0.1) is 6.42 Å². The lowest BCUT2D eigenvalue weighted by molar-refractivity contribution is 0.370. The van der Waals surface area contributed by atoms with E-state index in [1.54, 1.807) is 6.20 Å². The zero-order valence-corrected chi connectivity index (χ0v) is 10.9. The summed E-state index contributed by atoms with van der Waals surface area (Å²) in [5.74, 6) is 3.23. The molecule has 0 saturated heterocycles. The highest BCUT2D eigenvalue weighted by atomic mass is 16.5. The molecule has 19 heavy (non-hydrogen) atoms. The first kappa shape index (κ1) is 13.0. The maximum absolute atomic E-state index is 5.34. The number of rotatable bonds is 5. The summed E-state index contributed by atoms with van der Waals surface area (Å²) in [6, 6.07) is 13.8. The number of aromatic nitrogens is 1. The maximum Gasteiger partial charge on any atom is 0.148 e. The van der Waals surface area contributed by atoms with E-state index in [9.17, 15) is 0 Å². The Bertz CT molecular complexity index is 543. The molecule has 2 aromatic rings. The van der Waals surface area contributed by atoms with Crippen molar-refractivity contribution in [2.24, 2.45) is 0 Å². The van der Waals surface area contributed by atoms with Gasteiger partial charge in [-0.2, -0.15) is 0 Å². The van der Waals surface area contributed by atoms with Gasteiger partial charge < -0.3 is 9.64 Å². The molecule has 1 aromatic heterocycles. The largest absolute Gasteiger partial charge is 0.481 e. The average molecular weight is 252 g/mol. The Balaban J connectivity index is 2.00. The van der Waals surface area contributed by atoms with Gasteiger partial charge in [-0.3, -0.25) is 4.98 Å². The molecule has 0 aliphatic rings. The summed E-state index contributed by atoms with van der Waals surface area (Å²) in [6.07, 6.45) is 6.96. The van der Waals surface area contributed by atoms with Crippen LogP contribution in [0.4, 0.5) is 5.69 Å². The van der Waals surface area contributed by atoms with Gasteiger partial charge in [-0.1, -0.05) is 12.0 Å². The van der Waals surface area contributed by atoms with Gasteiger partial charge in [0.15, 0.2) is 0 Å². The van der Waals surface area contributed by atoms with E-state index in [0.29, 0.717) is 6.61 Å². The summed E-state index contributed by atoms with van der Waals surface area (Å²) in [6.45, 7) is 1.06. The van der Waals surface area contributed by atoms with E-state index >= 15 is 0 Å². The van der Waals surface area contributed by atoms with Crippen molar-refractivity contribution in [1.29, 1.82) is 0 Å². The van der Waals surface area contributed by atoms with Crippen LogP contribution in [0.2, 0.25) is 0 Å². The number of benzene rings is 1. The van der Waals surface area contributed by atoms with Crippen LogP contribution in [-0.4, -0.2) is 18.6 Å². The number of hydrogen-bond donors (Lipinski definition) is 0. The van der Waals surface area contributed by atoms with Gasteiger partial charge in [0.2, 0.25) is 0 Å². The normalized spacial score (nSPS) is 9.68. The standard InChI is InChI=1S/C16H16N2O/c1-3-12-19-16-9-7-15(8-10-16)18(2)13-14-6-4-5-11-17-14/h1,4-11H,12-13H2,2H3. The van der Waals surface area contributed by atoms with Crippen molar-refractivity contribution < 1.29 is 4.74 Å². The van der Waals surface area contributed by atoms with Crippen LogP contribution in [0.3, 0.4) is 0 Å². The molecule has 3 heteroatoms. The van der Waals surface area contributed by atoms with Crippen LogP contribution < -0.4 is 9.64 Å². The van der Waals surface area contributed by atoms with Gasteiger partial charge in [0, 0.05) is 18.9 Å². The summed E-state index contributed by atoms with van der Waals surface area (Å²) >= 11 is 0. The molecule has 1 heterocycles. The topological polar surface area (TPSA) is 25.4 Å². The van der Waals surface area contributed by atoms with Gasteiger partial charge in [0.05, 0.1) is 12.2 Å². The highest BCUT2D eigenvalue weighted by Crippen LogP contribution is 2.19. The molecular formula is C16H16N2O. The summed E-state index contributed by atoms with van der Waals surface area (Å²) in [4.78, 5) is 6.45. The first-order valence-corrected chi connectivity index (χ1v) is 6.07. The zero-order chi connectivity index (χ0) is 13.5. The second-order valence-corrected chi connectivity index (χ2v) is 4.16. The average Bonchev–Trinajstić information content (AvgIpc) is 2.46. The molecule has 0 unspecified atom stereocenters. The molecule has 0 aliphatic heterocycles. The fourth-order valence-electron chi connectivity index (χ4n) is 1.75. The van der Waals surface area contributed by atoms with Crippen molar-refractivity contribution in [2.45, 2.75) is 6.54 Å². The van der Waals surface area contributed by atoms with Gasteiger partial charge >= 0.3 is 0 Å². The molecular weight excluding hydrogens is 236 g/mol. The molecule has 0 atom stereocenters. The van der Waals surface area contributed by atoms with E-state index in [1.807, 2.05) is 49.5 Å². The number of pyridine rings is 1. The number of ether oxygens (including phenoxy) is 1. The number of terminal acetylenes is 1. The predicted molar refractivity (Wildman–Crippen MR) is 77.1 cm³/mol. The fraction of sp³-hybridized carbons (Fsp3) is 0.188. The predicted octanol–water partition coefficient (Wildman–Crippen LogP) is 2.73. The Morgan fingerprint density at radius 2 is 2.00 bits per heavy atom. The smallest absolute Gasteiger partial charge is 0.148 e. The van der Waals surface area contributed by atoms with Crippen molar-refractivity contribution >= 4 is 5.69 Å². The Morgan fingerprint density at radius 1 is 1.21 bits per heavy atom. The molecule has 0 N–H and O–H groups in total. The maximum atomic E-state index is 5.34. The Labute approximate surface area is 113 Å². The van der Waals surface area contributed by atoms with Crippen molar-refractivity contribution in [3.63, 3.8) is 0 Å². The third-order valence-electron chi connectivity index (χ3n) is 2.72. The van der Waals surface area contributed by atoms with Crippen LogP contribution >= 0.6 is 0 Å². The van der Waals surface area contributed by atoms with Crippen LogP contribution in [0.15, 0.2) is 48.7 Å². The first-order valence-electron chi connectivity index (χ1n) is 6.07. The molecule has 1 aromatic carbocycles. The van der Waals surface area contributed by atoms with Crippen LogP contribution in [0.25, 0.3) is 0 Å². The molecule has 3 nitrogen and oxygen atoms in total. The molecule has 0 saturated carbocycles. The van der Waals surface area contributed by atoms with Crippen LogP contribution in [-0.2, 0) is 6.54 Å². The lowest BCUT2D eigenvalue weighted by atomic mass is 10.2. The zero-order valence-electron chi connectivity index (χ0n) is 10.9. The van der Waals surface area contributed by atoms with Crippen molar-refractivity contribution in [3.05, 3.63) is 54.4 Å².